The van der Waals surface area contributed by atoms with Gasteiger partial charge in [0.1, 0.15) is 0 Å². The number of benzene rings is 2. The largest absolute Gasteiger partial charge is 0.503 e. The molecule has 0 spiro atoms. The average Bonchev–Trinajstić information content (AvgIpc) is 3.41. The maximum absolute atomic E-state index is 13.3. The number of Topliss-reactive ketones (excluding diaryl/α,β-unsaturated/α-hetero) is 1. The van der Waals surface area contributed by atoms with E-state index >= 15 is 0 Å². The number of ketones is 1. The lowest BCUT2D eigenvalue weighted by molar-refractivity contribution is -0.136. The van der Waals surface area contributed by atoms with Gasteiger partial charge in [0.2, 0.25) is 5.78 Å². The van der Waals surface area contributed by atoms with Gasteiger partial charge >= 0.3 is 5.97 Å². The van der Waals surface area contributed by atoms with Gasteiger partial charge in [0.15, 0.2) is 11.5 Å². The Balaban J connectivity index is 1.81. The van der Waals surface area contributed by atoms with Gasteiger partial charge in [-0.25, -0.2) is 0 Å². The molecule has 2 heterocycles. The summed E-state index contributed by atoms with van der Waals surface area (Å²) in [6, 6.07) is 16.2. The Morgan fingerprint density at radius 1 is 1.00 bits per heavy atom. The van der Waals surface area contributed by atoms with E-state index in [1.807, 2.05) is 24.3 Å². The molecule has 1 unspecified atom stereocenters. The van der Waals surface area contributed by atoms with Crippen LogP contribution >= 0.6 is 0 Å². The molecule has 1 atom stereocenters. The van der Waals surface area contributed by atoms with E-state index in [1.54, 1.807) is 30.3 Å². The molecule has 1 aliphatic heterocycles. The molecule has 0 saturated heterocycles. The number of nitrogens with zero attached hydrogens (tertiary/aromatic N) is 1. The predicted molar refractivity (Wildman–Crippen MR) is 126 cm³/mol. The fraction of sp³-hybridized carbons (Fsp3) is 0.222. The van der Waals surface area contributed by atoms with E-state index in [-0.39, 0.29) is 23.2 Å². The van der Waals surface area contributed by atoms with E-state index in [2.05, 4.69) is 20.8 Å². The summed E-state index contributed by atoms with van der Waals surface area (Å²) in [7, 11) is 0. The molecular formula is C27H25NO6. The highest BCUT2D eigenvalue weighted by atomic mass is 16.4. The SMILES string of the molecule is CC(C)(C)c1ccc(C2C(C(=O)c3ccco3)=C(O)C(=O)N2c2ccc(CC(=O)O)cc2)cc1. The van der Waals surface area contributed by atoms with E-state index in [0.29, 0.717) is 16.8 Å². The molecule has 0 bridgehead atoms. The highest BCUT2D eigenvalue weighted by molar-refractivity contribution is 6.20. The number of hydrogen-bond acceptors (Lipinski definition) is 5. The van der Waals surface area contributed by atoms with E-state index in [0.717, 1.165) is 5.56 Å². The van der Waals surface area contributed by atoms with Crippen molar-refractivity contribution in [3.05, 3.63) is 101 Å². The number of furan rings is 1. The average molecular weight is 459 g/mol. The van der Waals surface area contributed by atoms with E-state index in [9.17, 15) is 19.5 Å². The van der Waals surface area contributed by atoms with Crippen LogP contribution in [-0.2, 0) is 21.4 Å². The Morgan fingerprint density at radius 2 is 1.65 bits per heavy atom. The van der Waals surface area contributed by atoms with Gasteiger partial charge in [-0.2, -0.15) is 0 Å². The summed E-state index contributed by atoms with van der Waals surface area (Å²) in [5, 5.41) is 19.8. The molecule has 1 aromatic heterocycles. The second-order valence-electron chi connectivity index (χ2n) is 9.26. The van der Waals surface area contributed by atoms with Crippen LogP contribution in [-0.4, -0.2) is 27.9 Å². The minimum absolute atomic E-state index is 0.0179. The third-order valence-corrected chi connectivity index (χ3v) is 5.86. The standard InChI is InChI=1S/C27H25NO6/c1-27(2,3)18-10-8-17(9-11-18)23-22(24(31)20-5-4-14-34-20)25(32)26(33)28(23)19-12-6-16(7-13-19)15-21(29)30/h4-14,23,32H,15H2,1-3H3,(H,29,30). The Kier molecular flexibility index (Phi) is 5.87. The fourth-order valence-corrected chi connectivity index (χ4v) is 4.07. The van der Waals surface area contributed by atoms with Gasteiger partial charge in [-0.3, -0.25) is 19.3 Å². The molecule has 1 amide bonds. The van der Waals surface area contributed by atoms with Crippen LogP contribution in [0.5, 0.6) is 0 Å². The van der Waals surface area contributed by atoms with Crippen molar-refractivity contribution in [2.24, 2.45) is 0 Å². The van der Waals surface area contributed by atoms with Crippen LogP contribution in [0.3, 0.4) is 0 Å². The number of carbonyl (C=O) groups excluding carboxylic acids is 2. The Bertz CT molecular complexity index is 1260. The third kappa shape index (κ3) is 4.24. The predicted octanol–water partition coefficient (Wildman–Crippen LogP) is 4.99. The molecule has 2 aromatic carbocycles. The number of amides is 1. The van der Waals surface area contributed by atoms with Crippen molar-refractivity contribution in [1.82, 2.24) is 0 Å². The van der Waals surface area contributed by atoms with Crippen LogP contribution < -0.4 is 4.90 Å². The lowest BCUT2D eigenvalue weighted by Crippen LogP contribution is -2.31. The van der Waals surface area contributed by atoms with Gasteiger partial charge in [0, 0.05) is 5.69 Å². The summed E-state index contributed by atoms with van der Waals surface area (Å²) in [4.78, 5) is 38.8. The second kappa shape index (κ2) is 8.67. The third-order valence-electron chi connectivity index (χ3n) is 5.86. The first-order chi connectivity index (χ1) is 16.1. The normalized spacial score (nSPS) is 16.3. The summed E-state index contributed by atoms with van der Waals surface area (Å²) < 4.78 is 5.25. The van der Waals surface area contributed by atoms with Gasteiger partial charge in [-0.15, -0.1) is 0 Å². The molecule has 0 saturated carbocycles. The van der Waals surface area contributed by atoms with Crippen molar-refractivity contribution in [3.8, 4) is 0 Å². The molecule has 4 rings (SSSR count). The first-order valence-electron chi connectivity index (χ1n) is 10.8. The molecule has 0 aliphatic carbocycles. The number of aliphatic carboxylic acids is 1. The number of anilines is 1. The van der Waals surface area contributed by atoms with Gasteiger partial charge < -0.3 is 14.6 Å². The summed E-state index contributed by atoms with van der Waals surface area (Å²) in [5.74, 6) is -2.88. The summed E-state index contributed by atoms with van der Waals surface area (Å²) in [5.41, 5.74) is 2.57. The highest BCUT2D eigenvalue weighted by Crippen LogP contribution is 2.42. The Labute approximate surface area is 196 Å². The molecule has 3 aromatic rings. The number of carboxylic acid groups (broad SMARTS) is 1. The van der Waals surface area contributed by atoms with Crippen LogP contribution in [0.15, 0.2) is 82.7 Å². The monoisotopic (exact) mass is 459 g/mol. The zero-order valence-corrected chi connectivity index (χ0v) is 19.1. The van der Waals surface area contributed by atoms with Crippen LogP contribution in [0.2, 0.25) is 0 Å². The van der Waals surface area contributed by atoms with Crippen molar-refractivity contribution in [2.75, 3.05) is 4.90 Å². The van der Waals surface area contributed by atoms with Crippen LogP contribution in [0.4, 0.5) is 5.69 Å². The fourth-order valence-electron chi connectivity index (χ4n) is 4.07. The quantitative estimate of drug-likeness (QED) is 0.503. The molecule has 34 heavy (non-hydrogen) atoms. The Hall–Kier alpha value is -4.13. The van der Waals surface area contributed by atoms with Crippen LogP contribution in [0.1, 0.15) is 54.1 Å². The second-order valence-corrected chi connectivity index (χ2v) is 9.26. The van der Waals surface area contributed by atoms with Crippen molar-refractivity contribution < 1.29 is 29.0 Å². The van der Waals surface area contributed by atoms with Gasteiger partial charge in [-0.05, 0) is 46.4 Å². The minimum atomic E-state index is -0.965. The zero-order valence-electron chi connectivity index (χ0n) is 19.1. The number of rotatable bonds is 6. The molecule has 7 nitrogen and oxygen atoms in total. The maximum Gasteiger partial charge on any atom is 0.307 e. The van der Waals surface area contributed by atoms with Crippen molar-refractivity contribution in [1.29, 1.82) is 0 Å². The van der Waals surface area contributed by atoms with E-state index in [1.165, 1.54) is 17.2 Å². The van der Waals surface area contributed by atoms with E-state index < -0.39 is 29.5 Å². The van der Waals surface area contributed by atoms with Crippen LogP contribution in [0.25, 0.3) is 0 Å². The number of aliphatic hydroxyl groups excluding tert-OH is 1. The number of hydrogen-bond donors (Lipinski definition) is 2. The van der Waals surface area contributed by atoms with Crippen LogP contribution in [0, 0.1) is 0 Å². The Morgan fingerprint density at radius 3 is 2.18 bits per heavy atom. The summed E-state index contributed by atoms with van der Waals surface area (Å²) in [6.45, 7) is 6.26. The molecule has 0 radical (unpaired) electrons. The maximum atomic E-state index is 13.3. The lowest BCUT2D eigenvalue weighted by atomic mass is 9.85. The molecule has 0 fully saturated rings. The lowest BCUT2D eigenvalue weighted by Gasteiger charge is -2.28. The van der Waals surface area contributed by atoms with Gasteiger partial charge in [0.25, 0.3) is 5.91 Å². The minimum Gasteiger partial charge on any atom is -0.503 e. The topological polar surface area (TPSA) is 108 Å². The number of carboxylic acids is 1. The smallest absolute Gasteiger partial charge is 0.307 e. The highest BCUT2D eigenvalue weighted by Gasteiger charge is 2.45. The van der Waals surface area contributed by atoms with Crippen molar-refractivity contribution in [3.63, 3.8) is 0 Å². The van der Waals surface area contributed by atoms with Gasteiger partial charge in [-0.1, -0.05) is 57.2 Å². The first-order valence-corrected chi connectivity index (χ1v) is 10.8. The van der Waals surface area contributed by atoms with Crippen molar-refractivity contribution in [2.45, 2.75) is 38.6 Å². The van der Waals surface area contributed by atoms with Crippen molar-refractivity contribution >= 4 is 23.3 Å². The summed E-state index contributed by atoms with van der Waals surface area (Å²) >= 11 is 0. The molecule has 1 aliphatic rings. The number of aliphatic hydroxyl groups is 1. The molecular weight excluding hydrogens is 434 g/mol. The first kappa shape index (κ1) is 23.0. The molecule has 174 valence electrons. The summed E-state index contributed by atoms with van der Waals surface area (Å²) in [6.07, 6.45) is 1.20. The molecule has 7 heteroatoms. The van der Waals surface area contributed by atoms with E-state index in [4.69, 9.17) is 9.52 Å². The van der Waals surface area contributed by atoms with Gasteiger partial charge in [0.05, 0.1) is 24.3 Å². The zero-order chi connectivity index (χ0) is 24.6. The number of carbonyl (C=O) groups is 3. The molecule has 2 N–H and O–H groups in total.